The third-order valence-corrected chi connectivity index (χ3v) is 4.97. The van der Waals surface area contributed by atoms with Crippen LogP contribution in [0, 0.1) is 6.92 Å². The summed E-state index contributed by atoms with van der Waals surface area (Å²) >= 11 is 0. The topological polar surface area (TPSA) is 106 Å². The Kier molecular flexibility index (Phi) is 4.12. The van der Waals surface area contributed by atoms with Crippen LogP contribution in [0.25, 0.3) is 5.52 Å². The highest BCUT2D eigenvalue weighted by molar-refractivity contribution is 7.89. The van der Waals surface area contributed by atoms with Crippen molar-refractivity contribution in [3.05, 3.63) is 58.3 Å². The molecule has 0 spiro atoms. The lowest BCUT2D eigenvalue weighted by Gasteiger charge is -2.06. The van der Waals surface area contributed by atoms with Crippen LogP contribution in [0.2, 0.25) is 0 Å². The van der Waals surface area contributed by atoms with Crippen LogP contribution in [-0.2, 0) is 16.6 Å². The number of rotatable bonds is 5. The summed E-state index contributed by atoms with van der Waals surface area (Å²) in [6, 6.07) is 8.42. The molecule has 9 heteroatoms. The number of nitrogens with zero attached hydrogens (tertiary/aromatic N) is 2. The van der Waals surface area contributed by atoms with Crippen LogP contribution in [0.4, 0.5) is 0 Å². The summed E-state index contributed by atoms with van der Waals surface area (Å²) in [5.41, 5.74) is 0.538. The number of aromatic nitrogens is 3. The average Bonchev–Trinajstić information content (AvgIpc) is 3.04. The molecule has 3 aromatic rings. The molecule has 0 aliphatic rings. The van der Waals surface area contributed by atoms with Gasteiger partial charge < -0.3 is 4.74 Å². The molecular formula is C15H16N4O4S. The van der Waals surface area contributed by atoms with E-state index in [0.717, 1.165) is 5.56 Å². The molecule has 126 valence electrons. The second-order valence-corrected chi connectivity index (χ2v) is 6.97. The maximum Gasteiger partial charge on any atom is 0.288 e. The molecule has 0 bridgehead atoms. The van der Waals surface area contributed by atoms with Gasteiger partial charge in [-0.05, 0) is 30.7 Å². The third-order valence-electron chi connectivity index (χ3n) is 3.61. The zero-order valence-electron chi connectivity index (χ0n) is 13.1. The average molecular weight is 348 g/mol. The highest BCUT2D eigenvalue weighted by atomic mass is 32.2. The van der Waals surface area contributed by atoms with Gasteiger partial charge in [-0.2, -0.15) is 5.10 Å². The Bertz CT molecular complexity index is 1050. The number of sulfonamides is 1. The molecule has 0 atom stereocenters. The molecule has 0 saturated carbocycles. The van der Waals surface area contributed by atoms with E-state index in [4.69, 9.17) is 4.74 Å². The van der Waals surface area contributed by atoms with Crippen molar-refractivity contribution in [3.8, 4) is 5.75 Å². The van der Waals surface area contributed by atoms with E-state index < -0.39 is 15.6 Å². The van der Waals surface area contributed by atoms with Gasteiger partial charge in [0.15, 0.2) is 0 Å². The van der Waals surface area contributed by atoms with Gasteiger partial charge >= 0.3 is 0 Å². The van der Waals surface area contributed by atoms with E-state index in [1.54, 1.807) is 38.3 Å². The van der Waals surface area contributed by atoms with Gasteiger partial charge in [0.25, 0.3) is 5.56 Å². The minimum absolute atomic E-state index is 0.00648. The lowest BCUT2D eigenvalue weighted by Crippen LogP contribution is -2.22. The minimum Gasteiger partial charge on any atom is -0.497 e. The van der Waals surface area contributed by atoms with E-state index >= 15 is 0 Å². The predicted molar refractivity (Wildman–Crippen MR) is 87.6 cm³/mol. The van der Waals surface area contributed by atoms with Gasteiger partial charge in [0, 0.05) is 12.7 Å². The Morgan fingerprint density at radius 1 is 1.33 bits per heavy atom. The first-order valence-corrected chi connectivity index (χ1v) is 8.59. The number of hydrogen-bond acceptors (Lipinski definition) is 5. The van der Waals surface area contributed by atoms with Crippen LogP contribution in [-0.4, -0.2) is 30.1 Å². The summed E-state index contributed by atoms with van der Waals surface area (Å²) < 4.78 is 34.0. The minimum atomic E-state index is -3.77. The largest absolute Gasteiger partial charge is 0.497 e. The predicted octanol–water partition coefficient (Wildman–Crippen LogP) is 0.818. The smallest absolute Gasteiger partial charge is 0.288 e. The summed E-state index contributed by atoms with van der Waals surface area (Å²) in [6.45, 7) is 1.78. The summed E-state index contributed by atoms with van der Waals surface area (Å²) in [7, 11) is -2.22. The second kappa shape index (κ2) is 6.10. The van der Waals surface area contributed by atoms with Crippen molar-refractivity contribution in [1.29, 1.82) is 0 Å². The standard InChI is InChI=1S/C15H16N4O4S/c1-10-17-18-15(20)14-7-13(9-19(10)14)24(21,22)16-8-11-4-3-5-12(6-11)23-2/h3-7,9,16H,8H2,1-2H3,(H,18,20). The molecule has 2 heterocycles. The number of benzene rings is 1. The van der Waals surface area contributed by atoms with Crippen LogP contribution in [0.15, 0.2) is 46.2 Å². The summed E-state index contributed by atoms with van der Waals surface area (Å²) in [5, 5.41) is 6.13. The molecule has 0 fully saturated rings. The van der Waals surface area contributed by atoms with Gasteiger partial charge in [-0.3, -0.25) is 9.20 Å². The number of aromatic amines is 1. The van der Waals surface area contributed by atoms with E-state index in [1.165, 1.54) is 16.7 Å². The molecule has 0 radical (unpaired) electrons. The monoisotopic (exact) mass is 348 g/mol. The summed E-state index contributed by atoms with van der Waals surface area (Å²) in [4.78, 5) is 11.8. The third kappa shape index (κ3) is 3.03. The van der Waals surface area contributed by atoms with E-state index in [9.17, 15) is 13.2 Å². The number of fused-ring (bicyclic) bond motifs is 1. The Hall–Kier alpha value is -2.65. The molecule has 0 aliphatic carbocycles. The van der Waals surface area contributed by atoms with Crippen molar-refractivity contribution in [3.63, 3.8) is 0 Å². The van der Waals surface area contributed by atoms with Gasteiger partial charge in [-0.1, -0.05) is 12.1 Å². The maximum atomic E-state index is 12.5. The fourth-order valence-electron chi connectivity index (χ4n) is 2.31. The van der Waals surface area contributed by atoms with Crippen LogP contribution >= 0.6 is 0 Å². The van der Waals surface area contributed by atoms with Gasteiger partial charge in [0.05, 0.1) is 7.11 Å². The van der Waals surface area contributed by atoms with Crippen molar-refractivity contribution >= 4 is 15.5 Å². The number of ether oxygens (including phenoxy) is 1. The highest BCUT2D eigenvalue weighted by Gasteiger charge is 2.18. The fraction of sp³-hybridized carbons (Fsp3) is 0.200. The quantitative estimate of drug-likeness (QED) is 0.710. The summed E-state index contributed by atoms with van der Waals surface area (Å²) in [6.07, 6.45) is 1.38. The van der Waals surface area contributed by atoms with Crippen molar-refractivity contribution in [2.24, 2.45) is 0 Å². The van der Waals surface area contributed by atoms with Gasteiger partial charge in [-0.15, -0.1) is 0 Å². The lowest BCUT2D eigenvalue weighted by molar-refractivity contribution is 0.414. The first-order valence-electron chi connectivity index (χ1n) is 7.11. The molecule has 3 rings (SSSR count). The SMILES string of the molecule is COc1cccc(CNS(=O)(=O)c2cc3c(=O)[nH]nc(C)n3c2)c1. The molecular weight excluding hydrogens is 332 g/mol. The maximum absolute atomic E-state index is 12.5. The van der Waals surface area contributed by atoms with Crippen LogP contribution in [0.3, 0.4) is 0 Å². The van der Waals surface area contributed by atoms with E-state index in [2.05, 4.69) is 14.9 Å². The van der Waals surface area contributed by atoms with Crippen molar-refractivity contribution in [2.75, 3.05) is 7.11 Å². The molecule has 2 aromatic heterocycles. The molecule has 24 heavy (non-hydrogen) atoms. The Labute approximate surface area is 138 Å². The van der Waals surface area contributed by atoms with Gasteiger partial charge in [0.1, 0.15) is 22.0 Å². The molecule has 0 unspecified atom stereocenters. The van der Waals surface area contributed by atoms with Crippen molar-refractivity contribution < 1.29 is 13.2 Å². The van der Waals surface area contributed by atoms with Crippen LogP contribution in [0.1, 0.15) is 11.4 Å². The number of methoxy groups -OCH3 is 1. The lowest BCUT2D eigenvalue weighted by atomic mass is 10.2. The molecule has 1 aromatic carbocycles. The van der Waals surface area contributed by atoms with Crippen LogP contribution in [0.5, 0.6) is 5.75 Å². The molecule has 0 amide bonds. The van der Waals surface area contributed by atoms with E-state index in [-0.39, 0.29) is 17.0 Å². The molecule has 8 nitrogen and oxygen atoms in total. The van der Waals surface area contributed by atoms with Crippen molar-refractivity contribution in [1.82, 2.24) is 19.3 Å². The number of hydrogen-bond donors (Lipinski definition) is 2. The zero-order valence-corrected chi connectivity index (χ0v) is 13.9. The Morgan fingerprint density at radius 2 is 2.12 bits per heavy atom. The number of nitrogens with one attached hydrogen (secondary N) is 2. The normalized spacial score (nSPS) is 11.8. The Balaban J connectivity index is 1.89. The number of H-pyrrole nitrogens is 1. The highest BCUT2D eigenvalue weighted by Crippen LogP contribution is 2.16. The van der Waals surface area contributed by atoms with E-state index in [1.807, 2.05) is 0 Å². The van der Waals surface area contributed by atoms with Crippen LogP contribution < -0.4 is 15.0 Å². The molecule has 2 N–H and O–H groups in total. The summed E-state index contributed by atoms with van der Waals surface area (Å²) in [5.74, 6) is 1.13. The van der Waals surface area contributed by atoms with Crippen molar-refractivity contribution in [2.45, 2.75) is 18.4 Å². The fourth-order valence-corrected chi connectivity index (χ4v) is 3.35. The zero-order chi connectivity index (χ0) is 17.3. The van der Waals surface area contributed by atoms with Gasteiger partial charge in [0.2, 0.25) is 10.0 Å². The second-order valence-electron chi connectivity index (χ2n) is 5.21. The first-order chi connectivity index (χ1) is 11.4. The number of aryl methyl sites for hydroxylation is 1. The van der Waals surface area contributed by atoms with Gasteiger partial charge in [-0.25, -0.2) is 18.2 Å². The molecule has 0 aliphatic heterocycles. The van der Waals surface area contributed by atoms with E-state index in [0.29, 0.717) is 11.6 Å². The Morgan fingerprint density at radius 3 is 2.83 bits per heavy atom. The first kappa shape index (κ1) is 16.2. The molecule has 0 saturated heterocycles.